The summed E-state index contributed by atoms with van der Waals surface area (Å²) in [4.78, 5) is 27.9. The highest BCUT2D eigenvalue weighted by atomic mass is 16.2. The molecule has 0 bridgehead atoms. The van der Waals surface area contributed by atoms with Crippen LogP contribution in [0.2, 0.25) is 0 Å². The Balaban J connectivity index is 2.14. The number of rotatable bonds is 8. The molecule has 0 atom stereocenters. The van der Waals surface area contributed by atoms with Gasteiger partial charge in [0.05, 0.1) is 0 Å². The summed E-state index contributed by atoms with van der Waals surface area (Å²) in [6.45, 7) is 6.63. The molecule has 0 saturated carbocycles. The van der Waals surface area contributed by atoms with E-state index in [-0.39, 0.29) is 11.8 Å². The molecule has 0 saturated heterocycles. The maximum atomic E-state index is 12.6. The molecule has 0 aliphatic heterocycles. The summed E-state index contributed by atoms with van der Waals surface area (Å²) in [5.74, 6) is -0.155. The first-order chi connectivity index (χ1) is 13.0. The second-order valence-corrected chi connectivity index (χ2v) is 6.45. The average Bonchev–Trinajstić information content (AvgIpc) is 2.72. The zero-order chi connectivity index (χ0) is 19.8. The predicted molar refractivity (Wildman–Crippen MR) is 111 cm³/mol. The van der Waals surface area contributed by atoms with Crippen molar-refractivity contribution in [2.75, 3.05) is 38.6 Å². The fourth-order valence-corrected chi connectivity index (χ4v) is 3.00. The van der Waals surface area contributed by atoms with Crippen molar-refractivity contribution < 1.29 is 9.59 Å². The molecule has 0 fully saturated rings. The van der Waals surface area contributed by atoms with E-state index in [1.165, 1.54) is 5.69 Å². The van der Waals surface area contributed by atoms with Crippen LogP contribution in [0.5, 0.6) is 0 Å². The molecule has 1 N–H and O–H groups in total. The molecule has 5 nitrogen and oxygen atoms in total. The lowest BCUT2D eigenvalue weighted by Gasteiger charge is -2.21. The lowest BCUT2D eigenvalue weighted by molar-refractivity contribution is -0.120. The highest BCUT2D eigenvalue weighted by molar-refractivity contribution is 5.95. The van der Waals surface area contributed by atoms with Crippen molar-refractivity contribution in [2.24, 2.45) is 0 Å². The molecule has 0 spiro atoms. The minimum Gasteiger partial charge on any atom is -0.372 e. The van der Waals surface area contributed by atoms with Crippen molar-refractivity contribution >= 4 is 17.5 Å². The van der Waals surface area contributed by atoms with Crippen LogP contribution in [0.4, 0.5) is 5.69 Å². The Labute approximate surface area is 162 Å². The third-order valence-corrected chi connectivity index (χ3v) is 4.74. The number of anilines is 1. The van der Waals surface area contributed by atoms with Gasteiger partial charge in [-0.15, -0.1) is 0 Å². The Morgan fingerprint density at radius 1 is 0.963 bits per heavy atom. The van der Waals surface area contributed by atoms with Gasteiger partial charge < -0.3 is 15.1 Å². The zero-order valence-electron chi connectivity index (χ0n) is 16.7. The van der Waals surface area contributed by atoms with Crippen LogP contribution >= 0.6 is 0 Å². The lowest BCUT2D eigenvalue weighted by Crippen LogP contribution is -2.31. The Bertz CT molecular complexity index is 767. The van der Waals surface area contributed by atoms with Crippen molar-refractivity contribution in [2.45, 2.75) is 20.3 Å². The largest absolute Gasteiger partial charge is 0.372 e. The topological polar surface area (TPSA) is 52.7 Å². The molecule has 0 aliphatic carbocycles. The normalized spacial score (nSPS) is 10.4. The minimum atomic E-state index is -0.0829. The lowest BCUT2D eigenvalue weighted by atomic mass is 10.0. The van der Waals surface area contributed by atoms with Crippen LogP contribution in [0, 0.1) is 0 Å². The summed E-state index contributed by atoms with van der Waals surface area (Å²) in [5, 5.41) is 2.57. The second-order valence-electron chi connectivity index (χ2n) is 6.45. The molecule has 2 amide bonds. The van der Waals surface area contributed by atoms with Crippen LogP contribution in [-0.4, -0.2) is 50.4 Å². The number of nitrogens with one attached hydrogen (secondary N) is 1. The van der Waals surface area contributed by atoms with Crippen molar-refractivity contribution in [3.63, 3.8) is 0 Å². The van der Waals surface area contributed by atoms with Crippen LogP contribution in [-0.2, 0) is 4.79 Å². The van der Waals surface area contributed by atoms with E-state index >= 15 is 0 Å². The first-order valence-electron chi connectivity index (χ1n) is 9.41. The Morgan fingerprint density at radius 3 is 2.22 bits per heavy atom. The molecule has 0 radical (unpaired) electrons. The molecule has 2 aromatic carbocycles. The van der Waals surface area contributed by atoms with Crippen molar-refractivity contribution in [1.82, 2.24) is 10.2 Å². The van der Waals surface area contributed by atoms with Gasteiger partial charge in [0, 0.05) is 51.4 Å². The van der Waals surface area contributed by atoms with Crippen LogP contribution in [0.3, 0.4) is 0 Å². The van der Waals surface area contributed by atoms with Crippen LogP contribution in [0.25, 0.3) is 11.1 Å². The van der Waals surface area contributed by atoms with Crippen LogP contribution in [0.15, 0.2) is 48.5 Å². The van der Waals surface area contributed by atoms with E-state index in [4.69, 9.17) is 0 Å². The van der Waals surface area contributed by atoms with Crippen molar-refractivity contribution in [3.05, 3.63) is 54.1 Å². The van der Waals surface area contributed by atoms with E-state index in [2.05, 4.69) is 48.3 Å². The van der Waals surface area contributed by atoms with Crippen LogP contribution in [0.1, 0.15) is 30.6 Å². The summed E-state index contributed by atoms with van der Waals surface area (Å²) in [6, 6.07) is 16.0. The predicted octanol–water partition coefficient (Wildman–Crippen LogP) is 3.41. The van der Waals surface area contributed by atoms with Gasteiger partial charge in [-0.25, -0.2) is 0 Å². The molecular formula is C22H29N3O2. The molecular weight excluding hydrogens is 338 g/mol. The minimum absolute atomic E-state index is 0.0725. The molecule has 0 unspecified atom stereocenters. The van der Waals surface area contributed by atoms with E-state index in [9.17, 15) is 9.59 Å². The highest BCUT2D eigenvalue weighted by Crippen LogP contribution is 2.24. The Hall–Kier alpha value is -2.82. The van der Waals surface area contributed by atoms with Gasteiger partial charge in [0.2, 0.25) is 5.91 Å². The molecule has 5 heteroatoms. The van der Waals surface area contributed by atoms with Crippen LogP contribution < -0.4 is 10.2 Å². The number of amides is 2. The number of hydrogen-bond donors (Lipinski definition) is 1. The second kappa shape index (κ2) is 9.76. The van der Waals surface area contributed by atoms with Crippen molar-refractivity contribution in [1.29, 1.82) is 0 Å². The average molecular weight is 367 g/mol. The van der Waals surface area contributed by atoms with Gasteiger partial charge in [-0.1, -0.05) is 24.3 Å². The molecule has 0 aliphatic rings. The van der Waals surface area contributed by atoms with E-state index < -0.39 is 0 Å². The fraction of sp³-hybridized carbons (Fsp3) is 0.364. The molecule has 0 aromatic heterocycles. The molecule has 144 valence electrons. The van der Waals surface area contributed by atoms with Gasteiger partial charge in [-0.3, -0.25) is 9.59 Å². The fourth-order valence-electron chi connectivity index (χ4n) is 3.00. The quantitative estimate of drug-likeness (QED) is 0.778. The standard InChI is InChI=1S/C22H29N3O2/c1-5-25(6-2)20-12-10-17(11-13-20)18-8-7-9-19(16-18)22(27)24(4)15-14-21(26)23-3/h7-13,16H,5-6,14-15H2,1-4H3,(H,23,26). The number of benzene rings is 2. The summed E-state index contributed by atoms with van der Waals surface area (Å²) >= 11 is 0. The maximum Gasteiger partial charge on any atom is 0.253 e. The third-order valence-electron chi connectivity index (χ3n) is 4.74. The number of hydrogen-bond acceptors (Lipinski definition) is 3. The van der Waals surface area contributed by atoms with Gasteiger partial charge in [0.25, 0.3) is 5.91 Å². The van der Waals surface area contributed by atoms with Gasteiger partial charge in [0.1, 0.15) is 0 Å². The maximum absolute atomic E-state index is 12.6. The van der Waals surface area contributed by atoms with Gasteiger partial charge >= 0.3 is 0 Å². The SMILES string of the molecule is CCN(CC)c1ccc(-c2cccc(C(=O)N(C)CCC(=O)NC)c2)cc1. The highest BCUT2D eigenvalue weighted by Gasteiger charge is 2.13. The van der Waals surface area contributed by atoms with Gasteiger partial charge in [-0.2, -0.15) is 0 Å². The van der Waals surface area contributed by atoms with Gasteiger partial charge in [-0.05, 0) is 49.2 Å². The first-order valence-corrected chi connectivity index (χ1v) is 9.41. The Kier molecular flexibility index (Phi) is 7.41. The van der Waals surface area contributed by atoms with E-state index in [1.807, 2.05) is 24.3 Å². The number of nitrogens with zero attached hydrogens (tertiary/aromatic N) is 2. The van der Waals surface area contributed by atoms with E-state index in [0.29, 0.717) is 18.5 Å². The zero-order valence-corrected chi connectivity index (χ0v) is 16.7. The third kappa shape index (κ3) is 5.33. The molecule has 0 heterocycles. The first kappa shape index (κ1) is 20.5. The Morgan fingerprint density at radius 2 is 1.63 bits per heavy atom. The van der Waals surface area contributed by atoms with Crippen molar-refractivity contribution in [3.8, 4) is 11.1 Å². The molecule has 2 aromatic rings. The van der Waals surface area contributed by atoms with Gasteiger partial charge in [0.15, 0.2) is 0 Å². The number of carbonyl (C=O) groups excluding carboxylic acids is 2. The number of carbonyl (C=O) groups is 2. The molecule has 27 heavy (non-hydrogen) atoms. The molecule has 2 rings (SSSR count). The van der Waals surface area contributed by atoms with E-state index in [1.54, 1.807) is 19.0 Å². The van der Waals surface area contributed by atoms with E-state index in [0.717, 1.165) is 24.2 Å². The summed E-state index contributed by atoms with van der Waals surface area (Å²) in [7, 11) is 3.32. The summed E-state index contributed by atoms with van der Waals surface area (Å²) < 4.78 is 0. The smallest absolute Gasteiger partial charge is 0.253 e. The monoisotopic (exact) mass is 367 g/mol. The summed E-state index contributed by atoms with van der Waals surface area (Å²) in [6.07, 6.45) is 0.297. The summed E-state index contributed by atoms with van der Waals surface area (Å²) in [5.41, 5.74) is 3.91.